The molecule has 0 bridgehead atoms. The fourth-order valence-electron chi connectivity index (χ4n) is 2.55. The molecule has 3 aromatic heterocycles. The fourth-order valence-corrected chi connectivity index (χ4v) is 3.25. The quantitative estimate of drug-likeness (QED) is 0.564. The van der Waals surface area contributed by atoms with Gasteiger partial charge in [-0.25, -0.2) is 9.50 Å². The number of fused-ring (bicyclic) bond motifs is 2. The maximum absolute atomic E-state index is 6.07. The van der Waals surface area contributed by atoms with Gasteiger partial charge in [0.05, 0.1) is 13.3 Å². The molecular formula is C16H15N3O2S. The molecule has 0 saturated heterocycles. The van der Waals surface area contributed by atoms with E-state index < -0.39 is 0 Å². The molecule has 5 nitrogen and oxygen atoms in total. The Kier molecular flexibility index (Phi) is 2.94. The molecule has 112 valence electrons. The van der Waals surface area contributed by atoms with E-state index in [0.717, 1.165) is 27.4 Å². The Morgan fingerprint density at radius 1 is 1.32 bits per heavy atom. The molecule has 0 aliphatic rings. The van der Waals surface area contributed by atoms with Crippen LogP contribution in [0.15, 0.2) is 34.9 Å². The molecule has 0 aliphatic carbocycles. The van der Waals surface area contributed by atoms with Crippen LogP contribution in [0.25, 0.3) is 27.4 Å². The largest absolute Gasteiger partial charge is 0.472 e. The third-order valence-electron chi connectivity index (χ3n) is 3.65. The minimum absolute atomic E-state index is 0.416. The molecule has 0 fully saturated rings. The van der Waals surface area contributed by atoms with E-state index in [1.807, 2.05) is 12.3 Å². The van der Waals surface area contributed by atoms with Gasteiger partial charge in [0.2, 0.25) is 4.96 Å². The monoisotopic (exact) mass is 313 g/mol. The molecule has 0 radical (unpaired) electrons. The Hall–Kier alpha value is -2.34. The number of imidazole rings is 1. The van der Waals surface area contributed by atoms with E-state index in [1.165, 1.54) is 16.9 Å². The lowest BCUT2D eigenvalue weighted by Crippen LogP contribution is -1.86. The molecule has 0 unspecified atom stereocenters. The average Bonchev–Trinajstić information content (AvgIpc) is 3.17. The summed E-state index contributed by atoms with van der Waals surface area (Å²) in [6, 6.07) is 8.27. The molecule has 6 heteroatoms. The normalized spacial score (nSPS) is 11.8. The van der Waals surface area contributed by atoms with Crippen molar-refractivity contribution in [2.24, 2.45) is 0 Å². The highest BCUT2D eigenvalue weighted by Crippen LogP contribution is 2.33. The standard InChI is InChI=1S/C16H15N3O2S/c1-9(2)11-6-4-5-10-7-13(21-14(10)11)12-8-19-15(17-12)22-16(18-19)20-3/h4-9H,1-3H3. The molecule has 0 atom stereocenters. The van der Waals surface area contributed by atoms with Crippen LogP contribution in [-0.2, 0) is 0 Å². The van der Waals surface area contributed by atoms with Crippen molar-refractivity contribution in [1.82, 2.24) is 14.6 Å². The van der Waals surface area contributed by atoms with Crippen molar-refractivity contribution in [2.75, 3.05) is 7.11 Å². The number of hydrogen-bond donors (Lipinski definition) is 0. The molecule has 1 aromatic carbocycles. The Morgan fingerprint density at radius 2 is 2.18 bits per heavy atom. The zero-order chi connectivity index (χ0) is 15.3. The SMILES string of the molecule is COc1nn2cc(-c3cc4cccc(C(C)C)c4o3)nc2s1. The maximum atomic E-state index is 6.07. The van der Waals surface area contributed by atoms with Crippen LogP contribution in [-0.4, -0.2) is 21.7 Å². The number of benzene rings is 1. The number of hydrogen-bond acceptors (Lipinski definition) is 5. The Bertz CT molecular complexity index is 933. The van der Waals surface area contributed by atoms with Gasteiger partial charge in [0.15, 0.2) is 5.76 Å². The predicted molar refractivity (Wildman–Crippen MR) is 86.7 cm³/mol. The zero-order valence-electron chi connectivity index (χ0n) is 12.5. The first-order chi connectivity index (χ1) is 10.7. The van der Waals surface area contributed by atoms with Crippen LogP contribution in [0.4, 0.5) is 0 Å². The molecule has 0 spiro atoms. The number of ether oxygens (including phenoxy) is 1. The van der Waals surface area contributed by atoms with Crippen LogP contribution in [0.2, 0.25) is 0 Å². The van der Waals surface area contributed by atoms with Crippen LogP contribution < -0.4 is 4.74 Å². The predicted octanol–water partition coefficient (Wildman–Crippen LogP) is 4.34. The summed E-state index contributed by atoms with van der Waals surface area (Å²) in [6.07, 6.45) is 1.86. The van der Waals surface area contributed by atoms with Gasteiger partial charge in [0.1, 0.15) is 11.3 Å². The average molecular weight is 313 g/mol. The smallest absolute Gasteiger partial charge is 0.294 e. The summed E-state index contributed by atoms with van der Waals surface area (Å²) < 4.78 is 12.9. The van der Waals surface area contributed by atoms with E-state index in [2.05, 4.69) is 42.1 Å². The molecule has 4 aromatic rings. The van der Waals surface area contributed by atoms with Crippen LogP contribution in [0.5, 0.6) is 5.19 Å². The van der Waals surface area contributed by atoms with Crippen molar-refractivity contribution >= 4 is 27.3 Å². The number of rotatable bonds is 3. The lowest BCUT2D eigenvalue weighted by molar-refractivity contribution is 0.405. The molecule has 0 aliphatic heterocycles. The third-order valence-corrected chi connectivity index (χ3v) is 4.53. The molecule has 0 saturated carbocycles. The molecule has 0 amide bonds. The number of aromatic nitrogens is 3. The van der Waals surface area contributed by atoms with Crippen LogP contribution in [0, 0.1) is 0 Å². The van der Waals surface area contributed by atoms with Gasteiger partial charge in [-0.05, 0) is 28.9 Å². The van der Waals surface area contributed by atoms with E-state index in [0.29, 0.717) is 11.1 Å². The molecular weight excluding hydrogens is 298 g/mol. The lowest BCUT2D eigenvalue weighted by atomic mass is 10.0. The summed E-state index contributed by atoms with van der Waals surface area (Å²) in [5.41, 5.74) is 2.94. The Labute approximate surface area is 131 Å². The second kappa shape index (κ2) is 4.84. The molecule has 3 heterocycles. The third kappa shape index (κ3) is 1.99. The van der Waals surface area contributed by atoms with Gasteiger partial charge < -0.3 is 9.15 Å². The van der Waals surface area contributed by atoms with Crippen molar-refractivity contribution < 1.29 is 9.15 Å². The van der Waals surface area contributed by atoms with Gasteiger partial charge in [-0.15, -0.1) is 5.10 Å². The van der Waals surface area contributed by atoms with E-state index in [4.69, 9.17) is 9.15 Å². The van der Waals surface area contributed by atoms with Gasteiger partial charge in [0.25, 0.3) is 5.19 Å². The van der Waals surface area contributed by atoms with E-state index in [-0.39, 0.29) is 0 Å². The number of nitrogens with zero attached hydrogens (tertiary/aromatic N) is 3. The first kappa shape index (κ1) is 13.3. The second-order valence-corrected chi connectivity index (χ2v) is 6.37. The van der Waals surface area contributed by atoms with Crippen molar-refractivity contribution in [1.29, 1.82) is 0 Å². The van der Waals surface area contributed by atoms with Crippen LogP contribution in [0.1, 0.15) is 25.3 Å². The molecule has 4 rings (SSSR count). The number of methoxy groups -OCH3 is 1. The summed E-state index contributed by atoms with van der Waals surface area (Å²) in [6.45, 7) is 4.33. The minimum Gasteiger partial charge on any atom is -0.472 e. The van der Waals surface area contributed by atoms with Gasteiger partial charge in [0, 0.05) is 5.39 Å². The Morgan fingerprint density at radius 3 is 2.91 bits per heavy atom. The Balaban J connectivity index is 1.85. The van der Waals surface area contributed by atoms with Gasteiger partial charge in [-0.1, -0.05) is 32.0 Å². The number of furan rings is 1. The van der Waals surface area contributed by atoms with Crippen LogP contribution >= 0.6 is 11.3 Å². The number of para-hydroxylation sites is 1. The van der Waals surface area contributed by atoms with Crippen molar-refractivity contribution in [2.45, 2.75) is 19.8 Å². The van der Waals surface area contributed by atoms with Crippen LogP contribution in [0.3, 0.4) is 0 Å². The highest BCUT2D eigenvalue weighted by atomic mass is 32.1. The minimum atomic E-state index is 0.416. The maximum Gasteiger partial charge on any atom is 0.294 e. The fraction of sp³-hybridized carbons (Fsp3) is 0.250. The lowest BCUT2D eigenvalue weighted by Gasteiger charge is -2.04. The molecule has 0 N–H and O–H groups in total. The summed E-state index contributed by atoms with van der Waals surface area (Å²) >= 11 is 1.40. The van der Waals surface area contributed by atoms with Crippen molar-refractivity contribution in [3.8, 4) is 16.6 Å². The van der Waals surface area contributed by atoms with Gasteiger partial charge in [-0.3, -0.25) is 0 Å². The summed E-state index contributed by atoms with van der Waals surface area (Å²) in [5.74, 6) is 1.18. The summed E-state index contributed by atoms with van der Waals surface area (Å²) in [4.78, 5) is 5.35. The summed E-state index contributed by atoms with van der Waals surface area (Å²) in [7, 11) is 1.60. The highest BCUT2D eigenvalue weighted by Gasteiger charge is 2.15. The van der Waals surface area contributed by atoms with E-state index in [1.54, 1.807) is 11.6 Å². The zero-order valence-corrected chi connectivity index (χ0v) is 13.3. The van der Waals surface area contributed by atoms with Gasteiger partial charge >= 0.3 is 0 Å². The first-order valence-electron chi connectivity index (χ1n) is 7.08. The van der Waals surface area contributed by atoms with Gasteiger partial charge in [-0.2, -0.15) is 0 Å². The van der Waals surface area contributed by atoms with Crippen molar-refractivity contribution in [3.05, 3.63) is 36.0 Å². The molecule has 22 heavy (non-hydrogen) atoms. The topological polar surface area (TPSA) is 52.6 Å². The van der Waals surface area contributed by atoms with Crippen molar-refractivity contribution in [3.63, 3.8) is 0 Å². The van der Waals surface area contributed by atoms with E-state index in [9.17, 15) is 0 Å². The summed E-state index contributed by atoms with van der Waals surface area (Å²) in [5, 5.41) is 5.98. The second-order valence-electron chi connectivity index (χ2n) is 5.46. The first-order valence-corrected chi connectivity index (χ1v) is 7.90. The van der Waals surface area contributed by atoms with E-state index >= 15 is 0 Å². The highest BCUT2D eigenvalue weighted by molar-refractivity contribution is 7.18.